The molecule has 1 aromatic rings. The first-order valence-corrected chi connectivity index (χ1v) is 4.68. The van der Waals surface area contributed by atoms with Crippen LogP contribution in [-0.4, -0.2) is 18.5 Å². The van der Waals surface area contributed by atoms with Crippen molar-refractivity contribution in [2.45, 2.75) is 6.29 Å². The van der Waals surface area contributed by atoms with Crippen molar-refractivity contribution in [2.75, 3.05) is 13.2 Å². The number of carbonyl (C=O) groups excluding carboxylic acids is 1. The SMILES string of the molecule is O=C(Cl)c1cccc(C2OCCO2)c1. The molecule has 0 radical (unpaired) electrons. The topological polar surface area (TPSA) is 35.5 Å². The van der Waals surface area contributed by atoms with Crippen LogP contribution in [0.25, 0.3) is 0 Å². The molecule has 74 valence electrons. The fourth-order valence-electron chi connectivity index (χ4n) is 1.36. The molecule has 14 heavy (non-hydrogen) atoms. The Bertz CT molecular complexity index is 345. The lowest BCUT2D eigenvalue weighted by molar-refractivity contribution is -0.0441. The van der Waals surface area contributed by atoms with Crippen LogP contribution >= 0.6 is 11.6 Å². The fraction of sp³-hybridized carbons (Fsp3) is 0.300. The van der Waals surface area contributed by atoms with Gasteiger partial charge in [-0.05, 0) is 17.7 Å². The molecule has 1 fully saturated rings. The summed E-state index contributed by atoms with van der Waals surface area (Å²) in [5.74, 6) is 0. The summed E-state index contributed by atoms with van der Waals surface area (Å²) in [6.07, 6.45) is -0.356. The lowest BCUT2D eigenvalue weighted by atomic mass is 10.1. The van der Waals surface area contributed by atoms with Gasteiger partial charge in [0.25, 0.3) is 5.24 Å². The number of carbonyl (C=O) groups is 1. The zero-order chi connectivity index (χ0) is 9.97. The molecule has 0 bridgehead atoms. The third kappa shape index (κ3) is 1.95. The molecule has 0 unspecified atom stereocenters. The Hall–Kier alpha value is -0.900. The van der Waals surface area contributed by atoms with E-state index in [4.69, 9.17) is 21.1 Å². The minimum absolute atomic E-state index is 0.356. The van der Waals surface area contributed by atoms with Crippen LogP contribution in [0.5, 0.6) is 0 Å². The first-order chi connectivity index (χ1) is 6.77. The van der Waals surface area contributed by atoms with Crippen molar-refractivity contribution in [1.29, 1.82) is 0 Å². The highest BCUT2D eigenvalue weighted by atomic mass is 35.5. The molecule has 1 aliphatic rings. The van der Waals surface area contributed by atoms with Gasteiger partial charge in [0.15, 0.2) is 6.29 Å². The fourth-order valence-corrected chi connectivity index (χ4v) is 1.48. The van der Waals surface area contributed by atoms with Crippen LogP contribution in [0.3, 0.4) is 0 Å². The molecule has 1 saturated heterocycles. The van der Waals surface area contributed by atoms with E-state index in [1.54, 1.807) is 18.2 Å². The van der Waals surface area contributed by atoms with Crippen molar-refractivity contribution in [3.05, 3.63) is 35.4 Å². The van der Waals surface area contributed by atoms with Gasteiger partial charge in [-0.1, -0.05) is 18.2 Å². The highest BCUT2D eigenvalue weighted by molar-refractivity contribution is 6.67. The second kappa shape index (κ2) is 4.09. The highest BCUT2D eigenvalue weighted by Crippen LogP contribution is 2.24. The summed E-state index contributed by atoms with van der Waals surface area (Å²) in [6, 6.07) is 6.95. The molecule has 1 heterocycles. The van der Waals surface area contributed by atoms with Crippen molar-refractivity contribution in [3.8, 4) is 0 Å². The summed E-state index contributed by atoms with van der Waals surface area (Å²) in [5, 5.41) is -0.468. The minimum Gasteiger partial charge on any atom is -0.346 e. The standard InChI is InChI=1S/C10H9ClO3/c11-9(12)7-2-1-3-8(6-7)10-13-4-5-14-10/h1-3,6,10H,4-5H2. The smallest absolute Gasteiger partial charge is 0.252 e. The molecular formula is C10H9ClO3. The van der Waals surface area contributed by atoms with Gasteiger partial charge in [0.2, 0.25) is 0 Å². The molecule has 0 N–H and O–H groups in total. The van der Waals surface area contributed by atoms with Gasteiger partial charge in [0.1, 0.15) is 0 Å². The summed E-state index contributed by atoms with van der Waals surface area (Å²) in [5.41, 5.74) is 1.29. The van der Waals surface area contributed by atoms with Gasteiger partial charge in [0, 0.05) is 11.1 Å². The van der Waals surface area contributed by atoms with E-state index in [1.165, 1.54) is 0 Å². The average molecular weight is 213 g/mol. The zero-order valence-corrected chi connectivity index (χ0v) is 8.16. The minimum atomic E-state index is -0.468. The molecule has 0 aromatic heterocycles. The summed E-state index contributed by atoms with van der Waals surface area (Å²) in [7, 11) is 0. The number of hydrogen-bond acceptors (Lipinski definition) is 3. The largest absolute Gasteiger partial charge is 0.346 e. The van der Waals surface area contributed by atoms with Crippen molar-refractivity contribution >= 4 is 16.8 Å². The quantitative estimate of drug-likeness (QED) is 0.705. The predicted molar refractivity (Wildman–Crippen MR) is 51.3 cm³/mol. The molecule has 3 nitrogen and oxygen atoms in total. The van der Waals surface area contributed by atoms with Gasteiger partial charge in [0.05, 0.1) is 13.2 Å². The first kappa shape index (κ1) is 9.65. The summed E-state index contributed by atoms with van der Waals surface area (Å²) in [6.45, 7) is 1.17. The zero-order valence-electron chi connectivity index (χ0n) is 7.40. The Kier molecular flexibility index (Phi) is 2.82. The molecule has 0 amide bonds. The molecule has 2 rings (SSSR count). The maximum absolute atomic E-state index is 10.9. The van der Waals surface area contributed by atoms with Crippen molar-refractivity contribution in [3.63, 3.8) is 0 Å². The Morgan fingerprint density at radius 3 is 2.71 bits per heavy atom. The summed E-state index contributed by atoms with van der Waals surface area (Å²) >= 11 is 5.36. The van der Waals surface area contributed by atoms with E-state index >= 15 is 0 Å². The van der Waals surface area contributed by atoms with Gasteiger partial charge >= 0.3 is 0 Å². The van der Waals surface area contributed by atoms with Gasteiger partial charge in [-0.2, -0.15) is 0 Å². The Morgan fingerprint density at radius 1 is 1.36 bits per heavy atom. The van der Waals surface area contributed by atoms with Crippen LogP contribution in [0.4, 0.5) is 0 Å². The number of ether oxygens (including phenoxy) is 2. The van der Waals surface area contributed by atoms with Gasteiger partial charge in [-0.25, -0.2) is 0 Å². The van der Waals surface area contributed by atoms with Crippen molar-refractivity contribution < 1.29 is 14.3 Å². The molecular weight excluding hydrogens is 204 g/mol. The normalized spacial score (nSPS) is 17.2. The van der Waals surface area contributed by atoms with Gasteiger partial charge < -0.3 is 9.47 Å². The Morgan fingerprint density at radius 2 is 2.07 bits per heavy atom. The number of hydrogen-bond donors (Lipinski definition) is 0. The second-order valence-corrected chi connectivity index (χ2v) is 3.32. The van der Waals surface area contributed by atoms with Crippen molar-refractivity contribution in [1.82, 2.24) is 0 Å². The van der Waals surface area contributed by atoms with Gasteiger partial charge in [-0.15, -0.1) is 0 Å². The van der Waals surface area contributed by atoms with E-state index in [0.717, 1.165) is 5.56 Å². The lowest BCUT2D eigenvalue weighted by Gasteiger charge is -2.09. The number of benzene rings is 1. The molecule has 1 aliphatic heterocycles. The molecule has 0 atom stereocenters. The molecule has 1 aromatic carbocycles. The molecule has 4 heteroatoms. The third-order valence-corrected chi connectivity index (χ3v) is 2.23. The molecule has 0 aliphatic carbocycles. The van der Waals surface area contributed by atoms with Crippen LogP contribution in [-0.2, 0) is 9.47 Å². The predicted octanol–water partition coefficient (Wildman–Crippen LogP) is 2.11. The van der Waals surface area contributed by atoms with E-state index in [1.807, 2.05) is 6.07 Å². The van der Waals surface area contributed by atoms with Crippen LogP contribution in [0.2, 0.25) is 0 Å². The maximum atomic E-state index is 10.9. The van der Waals surface area contributed by atoms with Crippen LogP contribution in [0.1, 0.15) is 22.2 Å². The van der Waals surface area contributed by atoms with Gasteiger partial charge in [-0.3, -0.25) is 4.79 Å². The van der Waals surface area contributed by atoms with Crippen molar-refractivity contribution in [2.24, 2.45) is 0 Å². The lowest BCUT2D eigenvalue weighted by Crippen LogP contribution is -1.99. The monoisotopic (exact) mass is 212 g/mol. The average Bonchev–Trinajstić information content (AvgIpc) is 2.71. The van der Waals surface area contributed by atoms with E-state index < -0.39 is 5.24 Å². The van der Waals surface area contributed by atoms with Crippen LogP contribution in [0.15, 0.2) is 24.3 Å². The van der Waals surface area contributed by atoms with E-state index in [-0.39, 0.29) is 6.29 Å². The van der Waals surface area contributed by atoms with Crippen LogP contribution in [0, 0.1) is 0 Å². The molecule has 0 spiro atoms. The number of halogens is 1. The van der Waals surface area contributed by atoms with E-state index in [9.17, 15) is 4.79 Å². The first-order valence-electron chi connectivity index (χ1n) is 4.30. The van der Waals surface area contributed by atoms with E-state index in [0.29, 0.717) is 18.8 Å². The summed E-state index contributed by atoms with van der Waals surface area (Å²) in [4.78, 5) is 10.9. The maximum Gasteiger partial charge on any atom is 0.252 e. The highest BCUT2D eigenvalue weighted by Gasteiger charge is 2.18. The van der Waals surface area contributed by atoms with E-state index in [2.05, 4.69) is 0 Å². The number of rotatable bonds is 2. The summed E-state index contributed by atoms with van der Waals surface area (Å²) < 4.78 is 10.6. The Labute approximate surface area is 86.6 Å². The third-order valence-electron chi connectivity index (χ3n) is 2.01. The Balaban J connectivity index is 2.25. The van der Waals surface area contributed by atoms with Crippen LogP contribution < -0.4 is 0 Å². The molecule has 0 saturated carbocycles. The second-order valence-electron chi connectivity index (χ2n) is 2.97.